The van der Waals surface area contributed by atoms with E-state index in [-0.39, 0.29) is 0 Å². The Morgan fingerprint density at radius 3 is 2.31 bits per heavy atom. The molecule has 2 N–H and O–H groups in total. The van der Waals surface area contributed by atoms with E-state index in [0.29, 0.717) is 23.6 Å². The van der Waals surface area contributed by atoms with Crippen molar-refractivity contribution in [3.8, 4) is 0 Å². The van der Waals surface area contributed by atoms with E-state index in [0.717, 1.165) is 19.5 Å². The Hall–Kier alpha value is -1.18. The van der Waals surface area contributed by atoms with E-state index in [9.17, 15) is 0 Å². The van der Waals surface area contributed by atoms with E-state index >= 15 is 0 Å². The molecule has 1 aromatic rings. The van der Waals surface area contributed by atoms with Crippen LogP contribution in [0.5, 0.6) is 0 Å². The van der Waals surface area contributed by atoms with Gasteiger partial charge in [-0.15, -0.1) is 0 Å². The zero-order chi connectivity index (χ0) is 11.1. The highest BCUT2D eigenvalue weighted by molar-refractivity contribution is 6.58. The predicted molar refractivity (Wildman–Crippen MR) is 57.3 cm³/mol. The molecule has 3 fully saturated rings. The molecule has 3 saturated heterocycles. The lowest BCUT2D eigenvalue weighted by Crippen LogP contribution is -2.57. The van der Waals surface area contributed by atoms with Crippen LogP contribution in [0.2, 0.25) is 0 Å². The first-order valence-corrected chi connectivity index (χ1v) is 5.31. The first-order valence-electron chi connectivity index (χ1n) is 5.31. The number of nitrogens with zero attached hydrogens (tertiary/aromatic N) is 3. The molecule has 0 radical (unpaired) electrons. The molecule has 0 spiro atoms. The van der Waals surface area contributed by atoms with Gasteiger partial charge in [0.1, 0.15) is 0 Å². The quantitative estimate of drug-likeness (QED) is 0.570. The van der Waals surface area contributed by atoms with Gasteiger partial charge in [-0.3, -0.25) is 0 Å². The zero-order valence-corrected chi connectivity index (χ0v) is 8.65. The van der Waals surface area contributed by atoms with Crippen LogP contribution in [-0.2, 0) is 4.74 Å². The van der Waals surface area contributed by atoms with Crippen LogP contribution in [-0.4, -0.2) is 52.4 Å². The molecule has 2 bridgehead atoms. The summed E-state index contributed by atoms with van der Waals surface area (Å²) >= 11 is 0. The molecule has 4 rings (SSSR count). The number of fused-ring (bicyclic) bond motifs is 2. The average molecular weight is 221 g/mol. The molecule has 7 heteroatoms. The molecule has 3 aliphatic rings. The van der Waals surface area contributed by atoms with Crippen LogP contribution in [0.3, 0.4) is 0 Å². The first-order chi connectivity index (χ1) is 7.72. The van der Waals surface area contributed by atoms with Crippen molar-refractivity contribution in [1.82, 2.24) is 9.97 Å². The standard InChI is InChI=1S/C9H12BN3O3/c14-10(15)6-2-11-9(12-3-6)13-4-7-1-8(5-13)16-7/h2-3,7-8,14-15H,1,4-5H2. The van der Waals surface area contributed by atoms with Crippen LogP contribution >= 0.6 is 0 Å². The predicted octanol–water partition coefficient (Wildman–Crippen LogP) is -1.87. The minimum Gasteiger partial charge on any atom is -0.423 e. The third-order valence-electron chi connectivity index (χ3n) is 3.00. The van der Waals surface area contributed by atoms with E-state index in [1.807, 2.05) is 0 Å². The van der Waals surface area contributed by atoms with Gasteiger partial charge in [-0.05, 0) is 0 Å². The van der Waals surface area contributed by atoms with Gasteiger partial charge in [0.15, 0.2) is 0 Å². The van der Waals surface area contributed by atoms with Crippen molar-refractivity contribution in [3.63, 3.8) is 0 Å². The van der Waals surface area contributed by atoms with Crippen molar-refractivity contribution in [1.29, 1.82) is 0 Å². The lowest BCUT2D eigenvalue weighted by Gasteiger charge is -2.46. The molecule has 3 aliphatic heterocycles. The maximum absolute atomic E-state index is 8.92. The van der Waals surface area contributed by atoms with Crippen molar-refractivity contribution >= 4 is 18.5 Å². The van der Waals surface area contributed by atoms with Crippen LogP contribution in [0.1, 0.15) is 6.42 Å². The van der Waals surface area contributed by atoms with Gasteiger partial charge in [0.05, 0.1) is 12.2 Å². The molecular weight excluding hydrogens is 209 g/mol. The highest BCUT2D eigenvalue weighted by Gasteiger charge is 2.39. The second-order valence-electron chi connectivity index (χ2n) is 4.21. The third kappa shape index (κ3) is 1.66. The maximum atomic E-state index is 8.92. The minimum absolute atomic E-state index is 0.308. The van der Waals surface area contributed by atoms with Gasteiger partial charge in [0.25, 0.3) is 0 Å². The number of rotatable bonds is 2. The van der Waals surface area contributed by atoms with Crippen molar-refractivity contribution in [2.24, 2.45) is 0 Å². The van der Waals surface area contributed by atoms with Crippen LogP contribution in [0.4, 0.5) is 5.95 Å². The molecule has 0 aliphatic carbocycles. The average Bonchev–Trinajstić information content (AvgIpc) is 2.28. The molecule has 2 atom stereocenters. The molecule has 2 unspecified atom stereocenters. The number of piperidine rings is 1. The summed E-state index contributed by atoms with van der Waals surface area (Å²) in [7, 11) is -1.51. The zero-order valence-electron chi connectivity index (χ0n) is 8.65. The van der Waals surface area contributed by atoms with Crippen LogP contribution < -0.4 is 10.4 Å². The highest BCUT2D eigenvalue weighted by atomic mass is 16.5. The molecule has 1 aromatic heterocycles. The molecule has 0 amide bonds. The lowest BCUT2D eigenvalue weighted by atomic mass is 9.83. The molecule has 0 aromatic carbocycles. The van der Waals surface area contributed by atoms with Gasteiger partial charge >= 0.3 is 7.12 Å². The van der Waals surface area contributed by atoms with E-state index in [2.05, 4.69) is 14.9 Å². The minimum atomic E-state index is -1.51. The number of hydrogen-bond acceptors (Lipinski definition) is 6. The molecule has 16 heavy (non-hydrogen) atoms. The van der Waals surface area contributed by atoms with Crippen molar-refractivity contribution < 1.29 is 14.8 Å². The van der Waals surface area contributed by atoms with Gasteiger partial charge in [-0.1, -0.05) is 0 Å². The van der Waals surface area contributed by atoms with E-state index in [1.165, 1.54) is 12.4 Å². The molecular formula is C9H12BN3O3. The van der Waals surface area contributed by atoms with Crippen LogP contribution in [0, 0.1) is 0 Å². The number of morpholine rings is 1. The summed E-state index contributed by atoms with van der Waals surface area (Å²) in [5.41, 5.74) is 0.308. The summed E-state index contributed by atoms with van der Waals surface area (Å²) in [6.45, 7) is 1.63. The van der Waals surface area contributed by atoms with Crippen molar-refractivity contribution in [2.75, 3.05) is 18.0 Å². The van der Waals surface area contributed by atoms with Gasteiger partial charge in [0.2, 0.25) is 5.95 Å². The van der Waals surface area contributed by atoms with Gasteiger partial charge < -0.3 is 19.7 Å². The first kappa shape index (κ1) is 10.0. The van der Waals surface area contributed by atoms with E-state index in [1.54, 1.807) is 0 Å². The Labute approximate surface area is 93.0 Å². The van der Waals surface area contributed by atoms with Crippen molar-refractivity contribution in [3.05, 3.63) is 12.4 Å². The fraction of sp³-hybridized carbons (Fsp3) is 0.556. The van der Waals surface area contributed by atoms with Gasteiger partial charge in [0, 0.05) is 37.4 Å². The SMILES string of the molecule is OB(O)c1cnc(N2CC3CC(C2)O3)nc1. The third-order valence-corrected chi connectivity index (χ3v) is 3.00. The van der Waals surface area contributed by atoms with Gasteiger partial charge in [-0.2, -0.15) is 0 Å². The van der Waals surface area contributed by atoms with E-state index in [4.69, 9.17) is 14.8 Å². The molecule has 0 saturated carbocycles. The second-order valence-corrected chi connectivity index (χ2v) is 4.21. The normalized spacial score (nSPS) is 27.5. The number of anilines is 1. The Bertz CT molecular complexity index is 370. The topological polar surface area (TPSA) is 78.7 Å². The fourth-order valence-corrected chi connectivity index (χ4v) is 2.15. The maximum Gasteiger partial charge on any atom is 0.491 e. The number of ether oxygens (including phenoxy) is 1. The summed E-state index contributed by atoms with van der Waals surface area (Å²) < 4.78 is 5.51. The van der Waals surface area contributed by atoms with E-state index < -0.39 is 7.12 Å². The summed E-state index contributed by atoms with van der Waals surface area (Å²) in [6, 6.07) is 0. The number of hydrogen-bond donors (Lipinski definition) is 2. The Kier molecular flexibility index (Phi) is 2.31. The lowest BCUT2D eigenvalue weighted by molar-refractivity contribution is -0.133. The highest BCUT2D eigenvalue weighted by Crippen LogP contribution is 2.29. The van der Waals surface area contributed by atoms with Crippen LogP contribution in [0.15, 0.2) is 12.4 Å². The molecule has 4 heterocycles. The molecule has 6 nitrogen and oxygen atoms in total. The largest absolute Gasteiger partial charge is 0.491 e. The second kappa shape index (κ2) is 3.69. The van der Waals surface area contributed by atoms with Crippen molar-refractivity contribution in [2.45, 2.75) is 18.6 Å². The molecule has 84 valence electrons. The summed E-state index contributed by atoms with van der Waals surface area (Å²) in [4.78, 5) is 10.3. The number of aromatic nitrogens is 2. The Morgan fingerprint density at radius 2 is 1.81 bits per heavy atom. The van der Waals surface area contributed by atoms with Gasteiger partial charge in [-0.25, -0.2) is 9.97 Å². The monoisotopic (exact) mass is 221 g/mol. The smallest absolute Gasteiger partial charge is 0.423 e. The Balaban J connectivity index is 1.74. The van der Waals surface area contributed by atoms with Crippen LogP contribution in [0.25, 0.3) is 0 Å². The summed E-state index contributed by atoms with van der Waals surface area (Å²) in [6.07, 6.45) is 4.63. The Morgan fingerprint density at radius 1 is 1.25 bits per heavy atom. The summed E-state index contributed by atoms with van der Waals surface area (Å²) in [5.74, 6) is 0.627. The fourth-order valence-electron chi connectivity index (χ4n) is 2.15. The summed E-state index contributed by atoms with van der Waals surface area (Å²) in [5, 5.41) is 17.8.